The second kappa shape index (κ2) is 7.82. The number of hydrogen-bond donors (Lipinski definition) is 1. The Balaban J connectivity index is 1.58. The number of aromatic nitrogens is 3. The molecule has 152 valence electrons. The van der Waals surface area contributed by atoms with Gasteiger partial charge in [0.15, 0.2) is 0 Å². The van der Waals surface area contributed by atoms with Gasteiger partial charge in [0.2, 0.25) is 0 Å². The van der Waals surface area contributed by atoms with Crippen molar-refractivity contribution in [2.45, 2.75) is 12.2 Å². The van der Waals surface area contributed by atoms with Gasteiger partial charge in [0.05, 0.1) is 17.8 Å². The minimum Gasteiger partial charge on any atom is -0.354 e. The van der Waals surface area contributed by atoms with E-state index in [1.54, 1.807) is 35.5 Å². The monoisotopic (exact) mass is 405 g/mol. The first-order valence-corrected chi connectivity index (χ1v) is 9.19. The number of H-pyrrole nitrogens is 1. The van der Waals surface area contributed by atoms with Crippen LogP contribution in [-0.4, -0.2) is 46.3 Å². The van der Waals surface area contributed by atoms with Crippen molar-refractivity contribution < 1.29 is 17.6 Å². The second-order valence-corrected chi connectivity index (χ2v) is 6.85. The van der Waals surface area contributed by atoms with Crippen molar-refractivity contribution in [3.8, 4) is 0 Å². The summed E-state index contributed by atoms with van der Waals surface area (Å²) in [6, 6.07) is 8.48. The lowest BCUT2D eigenvalue weighted by Crippen LogP contribution is -2.48. The molecular weight excluding hydrogens is 386 g/mol. The van der Waals surface area contributed by atoms with Gasteiger partial charge in [-0.1, -0.05) is 18.2 Å². The first-order chi connectivity index (χ1) is 13.9. The molecule has 0 radical (unpaired) electrons. The third-order valence-electron chi connectivity index (χ3n) is 5.11. The molecule has 29 heavy (non-hydrogen) atoms. The lowest BCUT2D eigenvalue weighted by molar-refractivity contribution is -0.137. The predicted molar refractivity (Wildman–Crippen MR) is 99.9 cm³/mol. The fourth-order valence-electron chi connectivity index (χ4n) is 3.76. The quantitative estimate of drug-likeness (QED) is 0.670. The Labute approximate surface area is 165 Å². The normalized spacial score (nSPS) is 16.8. The summed E-state index contributed by atoms with van der Waals surface area (Å²) in [6.07, 6.45) is 0.256. The summed E-state index contributed by atoms with van der Waals surface area (Å²) < 4.78 is 54.5. The van der Waals surface area contributed by atoms with Gasteiger partial charge in [-0.2, -0.15) is 18.3 Å². The van der Waals surface area contributed by atoms with Gasteiger partial charge in [0, 0.05) is 49.7 Å². The second-order valence-electron chi connectivity index (χ2n) is 6.85. The Kier molecular flexibility index (Phi) is 5.23. The van der Waals surface area contributed by atoms with Gasteiger partial charge < -0.3 is 4.90 Å². The van der Waals surface area contributed by atoms with Crippen LogP contribution in [-0.2, 0) is 6.18 Å². The molecular formula is C20H19F4N5. The number of nitrogens with one attached hydrogen (secondary N) is 1. The van der Waals surface area contributed by atoms with E-state index in [9.17, 15) is 17.6 Å². The number of rotatable bonds is 4. The average molecular weight is 405 g/mol. The van der Waals surface area contributed by atoms with Crippen molar-refractivity contribution >= 4 is 5.82 Å². The standard InChI is InChI=1S/C20H19F4N5/c21-17-6-2-1-4-15(17)18(14-12-26-27-13-14)28-8-10-29(11-9-28)19-16(20(22,23)24)5-3-7-25-19/h1-7,12-13,18H,8-11H2,(H,26,27). The zero-order valence-corrected chi connectivity index (χ0v) is 15.4. The highest BCUT2D eigenvalue weighted by atomic mass is 19.4. The molecule has 1 aromatic carbocycles. The molecule has 3 aromatic rings. The lowest BCUT2D eigenvalue weighted by atomic mass is 9.98. The molecule has 1 atom stereocenters. The van der Waals surface area contributed by atoms with E-state index in [2.05, 4.69) is 20.1 Å². The topological polar surface area (TPSA) is 48.1 Å². The van der Waals surface area contributed by atoms with Crippen LogP contribution in [0.2, 0.25) is 0 Å². The van der Waals surface area contributed by atoms with Crippen molar-refractivity contribution in [1.82, 2.24) is 20.1 Å². The molecule has 0 aliphatic carbocycles. The van der Waals surface area contributed by atoms with Gasteiger partial charge in [0.25, 0.3) is 0 Å². The van der Waals surface area contributed by atoms with Crippen LogP contribution >= 0.6 is 0 Å². The van der Waals surface area contributed by atoms with Crippen LogP contribution in [0.25, 0.3) is 0 Å². The van der Waals surface area contributed by atoms with Gasteiger partial charge in [0.1, 0.15) is 11.6 Å². The molecule has 3 heterocycles. The van der Waals surface area contributed by atoms with E-state index in [0.717, 1.165) is 11.6 Å². The highest BCUT2D eigenvalue weighted by Crippen LogP contribution is 2.36. The van der Waals surface area contributed by atoms with E-state index in [1.165, 1.54) is 18.3 Å². The molecule has 1 unspecified atom stereocenters. The summed E-state index contributed by atoms with van der Waals surface area (Å²) in [5.41, 5.74) is 0.572. The maximum absolute atomic E-state index is 14.5. The van der Waals surface area contributed by atoms with Crippen molar-refractivity contribution in [2.75, 3.05) is 31.1 Å². The molecule has 0 spiro atoms. The van der Waals surface area contributed by atoms with Crippen LogP contribution < -0.4 is 4.90 Å². The van der Waals surface area contributed by atoms with Gasteiger partial charge in [-0.25, -0.2) is 9.37 Å². The molecule has 1 saturated heterocycles. The fraction of sp³-hybridized carbons (Fsp3) is 0.300. The Bertz CT molecular complexity index is 950. The minimum atomic E-state index is -4.47. The van der Waals surface area contributed by atoms with E-state index in [-0.39, 0.29) is 17.7 Å². The number of alkyl halides is 3. The van der Waals surface area contributed by atoms with Crippen molar-refractivity contribution in [3.05, 3.63) is 77.5 Å². The highest BCUT2D eigenvalue weighted by Gasteiger charge is 2.37. The first-order valence-electron chi connectivity index (χ1n) is 9.19. The van der Waals surface area contributed by atoms with E-state index >= 15 is 0 Å². The summed E-state index contributed by atoms with van der Waals surface area (Å²) in [5.74, 6) is -0.393. The van der Waals surface area contributed by atoms with Gasteiger partial charge in [-0.15, -0.1) is 0 Å². The van der Waals surface area contributed by atoms with Gasteiger partial charge in [-0.3, -0.25) is 10.00 Å². The number of benzene rings is 1. The number of piperazine rings is 1. The Hall–Kier alpha value is -2.94. The highest BCUT2D eigenvalue weighted by molar-refractivity contribution is 5.49. The number of anilines is 1. The minimum absolute atomic E-state index is 0.0644. The van der Waals surface area contributed by atoms with Crippen molar-refractivity contribution in [1.29, 1.82) is 0 Å². The van der Waals surface area contributed by atoms with Crippen LogP contribution in [0.5, 0.6) is 0 Å². The van der Waals surface area contributed by atoms with Crippen LogP contribution in [0.4, 0.5) is 23.4 Å². The third kappa shape index (κ3) is 3.95. The third-order valence-corrected chi connectivity index (χ3v) is 5.11. The zero-order chi connectivity index (χ0) is 20.4. The van der Waals surface area contributed by atoms with Crippen LogP contribution in [0.3, 0.4) is 0 Å². The molecule has 1 fully saturated rings. The Morgan fingerprint density at radius 2 is 1.76 bits per heavy atom. The number of hydrogen-bond acceptors (Lipinski definition) is 4. The predicted octanol–water partition coefficient (Wildman–Crippen LogP) is 3.87. The van der Waals surface area contributed by atoms with Crippen LogP contribution in [0, 0.1) is 5.82 Å². The maximum atomic E-state index is 14.5. The fourth-order valence-corrected chi connectivity index (χ4v) is 3.76. The maximum Gasteiger partial charge on any atom is 0.419 e. The average Bonchev–Trinajstić information content (AvgIpc) is 3.24. The van der Waals surface area contributed by atoms with Crippen molar-refractivity contribution in [2.24, 2.45) is 0 Å². The number of nitrogens with zero attached hydrogens (tertiary/aromatic N) is 4. The van der Waals surface area contributed by atoms with Gasteiger partial charge >= 0.3 is 6.18 Å². The molecule has 0 amide bonds. The first kappa shape index (κ1) is 19.4. The molecule has 1 aliphatic rings. The summed E-state index contributed by atoms with van der Waals surface area (Å²) in [5, 5.41) is 6.73. The Morgan fingerprint density at radius 3 is 2.41 bits per heavy atom. The molecule has 1 N–H and O–H groups in total. The van der Waals surface area contributed by atoms with E-state index in [1.807, 2.05) is 0 Å². The summed E-state index contributed by atoms with van der Waals surface area (Å²) in [6.45, 7) is 1.61. The number of halogens is 4. The smallest absolute Gasteiger partial charge is 0.354 e. The van der Waals surface area contributed by atoms with Crippen LogP contribution in [0.15, 0.2) is 55.0 Å². The van der Waals surface area contributed by atoms with E-state index in [0.29, 0.717) is 31.7 Å². The zero-order valence-electron chi connectivity index (χ0n) is 15.4. The largest absolute Gasteiger partial charge is 0.419 e. The number of pyridine rings is 1. The molecule has 4 rings (SSSR count). The number of aromatic amines is 1. The molecule has 0 bridgehead atoms. The molecule has 5 nitrogen and oxygen atoms in total. The molecule has 9 heteroatoms. The van der Waals surface area contributed by atoms with Crippen molar-refractivity contribution in [3.63, 3.8) is 0 Å². The van der Waals surface area contributed by atoms with E-state index in [4.69, 9.17) is 0 Å². The summed E-state index contributed by atoms with van der Waals surface area (Å²) in [4.78, 5) is 7.66. The van der Waals surface area contributed by atoms with Crippen LogP contribution in [0.1, 0.15) is 22.7 Å². The lowest BCUT2D eigenvalue weighted by Gasteiger charge is -2.40. The van der Waals surface area contributed by atoms with E-state index < -0.39 is 11.7 Å². The summed E-state index contributed by atoms with van der Waals surface area (Å²) in [7, 11) is 0. The van der Waals surface area contributed by atoms with Gasteiger partial charge in [-0.05, 0) is 18.2 Å². The SMILES string of the molecule is Fc1ccccc1C(c1cn[nH]c1)N1CCN(c2ncccc2C(F)(F)F)CC1. The molecule has 2 aromatic heterocycles. The Morgan fingerprint density at radius 1 is 1.00 bits per heavy atom. The molecule has 1 aliphatic heterocycles. The summed E-state index contributed by atoms with van der Waals surface area (Å²) >= 11 is 0. The molecule has 0 saturated carbocycles.